The van der Waals surface area contributed by atoms with Gasteiger partial charge in [-0.25, -0.2) is 0 Å². The standard InChI is InChI=1S/C44H76N2O2/c1-47-37-25-21-35(22-26-37)45(33-15-5-3-6-16-33)43-39-19-11-9-13-31(39)30-42-41(43)29-32-14-10-12-20-40(32)44(42)46(34-17-7-4-8-18-34)36-23-27-38(48-2)28-24-36/h31-44H,3-30H2,1-2H3. The van der Waals surface area contributed by atoms with Gasteiger partial charge >= 0.3 is 0 Å². The third kappa shape index (κ3) is 7.11. The van der Waals surface area contributed by atoms with Gasteiger partial charge in [0.1, 0.15) is 0 Å². The predicted molar refractivity (Wildman–Crippen MR) is 198 cm³/mol. The molecule has 8 atom stereocenters. The first kappa shape index (κ1) is 34.9. The molecule has 0 aliphatic heterocycles. The SMILES string of the molecule is COC1CCC(N(C2CCCCC2)C2C3CCCCC3CC3C2CC2CCCCC2C3N(C2CCCCC2)C2CCC(OC)CC2)CC1. The molecule has 4 nitrogen and oxygen atoms in total. The van der Waals surface area contributed by atoms with Crippen LogP contribution in [0, 0.1) is 35.5 Å². The van der Waals surface area contributed by atoms with Gasteiger partial charge in [0.05, 0.1) is 12.2 Å². The van der Waals surface area contributed by atoms with E-state index in [1.165, 1.54) is 141 Å². The molecule has 8 aliphatic carbocycles. The van der Waals surface area contributed by atoms with Crippen molar-refractivity contribution >= 4 is 0 Å². The number of rotatable bonds is 8. The molecule has 0 amide bonds. The molecule has 8 saturated carbocycles. The first-order valence-electron chi connectivity index (χ1n) is 22.3. The minimum absolute atomic E-state index is 0.510. The Morgan fingerprint density at radius 2 is 0.667 bits per heavy atom. The van der Waals surface area contributed by atoms with Crippen LogP contribution in [0.5, 0.6) is 0 Å². The number of methoxy groups -OCH3 is 2. The number of hydrogen-bond acceptors (Lipinski definition) is 4. The van der Waals surface area contributed by atoms with Gasteiger partial charge in [-0.2, -0.15) is 0 Å². The van der Waals surface area contributed by atoms with Gasteiger partial charge in [-0.05, 0) is 138 Å². The van der Waals surface area contributed by atoms with Crippen LogP contribution in [0.25, 0.3) is 0 Å². The average Bonchev–Trinajstić information content (AvgIpc) is 3.16. The third-order valence-corrected chi connectivity index (χ3v) is 16.9. The smallest absolute Gasteiger partial charge is 0.0572 e. The lowest BCUT2D eigenvalue weighted by Crippen LogP contribution is -2.68. The van der Waals surface area contributed by atoms with Crippen LogP contribution in [0.4, 0.5) is 0 Å². The molecule has 0 bridgehead atoms. The van der Waals surface area contributed by atoms with Gasteiger partial charge in [0, 0.05) is 50.5 Å². The second kappa shape index (κ2) is 16.2. The summed E-state index contributed by atoms with van der Waals surface area (Å²) in [5.41, 5.74) is 0. The van der Waals surface area contributed by atoms with Gasteiger partial charge in [-0.15, -0.1) is 0 Å². The Bertz CT molecular complexity index is 898. The molecule has 8 rings (SSSR count). The molecule has 0 radical (unpaired) electrons. The fraction of sp³-hybridized carbons (Fsp3) is 1.00. The second-order valence-corrected chi connectivity index (χ2v) is 19.0. The van der Waals surface area contributed by atoms with Crippen molar-refractivity contribution in [3.05, 3.63) is 0 Å². The lowest BCUT2D eigenvalue weighted by atomic mass is 9.50. The van der Waals surface area contributed by atoms with Crippen LogP contribution in [0.3, 0.4) is 0 Å². The summed E-state index contributed by atoms with van der Waals surface area (Å²) in [6.45, 7) is 0. The molecule has 0 aromatic rings. The molecule has 8 fully saturated rings. The topological polar surface area (TPSA) is 24.9 Å². The molecule has 0 N–H and O–H groups in total. The summed E-state index contributed by atoms with van der Waals surface area (Å²) in [7, 11) is 3.95. The van der Waals surface area contributed by atoms with E-state index in [9.17, 15) is 0 Å². The molecule has 4 heteroatoms. The van der Waals surface area contributed by atoms with Crippen molar-refractivity contribution in [3.63, 3.8) is 0 Å². The zero-order valence-corrected chi connectivity index (χ0v) is 31.6. The van der Waals surface area contributed by atoms with Crippen LogP contribution in [0.1, 0.15) is 180 Å². The van der Waals surface area contributed by atoms with Gasteiger partial charge in [0.25, 0.3) is 0 Å². The normalized spacial score (nSPS) is 45.0. The highest BCUT2D eigenvalue weighted by Crippen LogP contribution is 2.59. The van der Waals surface area contributed by atoms with E-state index in [0.717, 1.165) is 71.8 Å². The maximum Gasteiger partial charge on any atom is 0.0572 e. The van der Waals surface area contributed by atoms with Crippen LogP contribution in [0.15, 0.2) is 0 Å². The van der Waals surface area contributed by atoms with Crippen molar-refractivity contribution in [1.29, 1.82) is 0 Å². The average molecular weight is 665 g/mol. The monoisotopic (exact) mass is 665 g/mol. The van der Waals surface area contributed by atoms with E-state index in [-0.39, 0.29) is 0 Å². The van der Waals surface area contributed by atoms with Crippen molar-refractivity contribution in [2.24, 2.45) is 35.5 Å². The van der Waals surface area contributed by atoms with Gasteiger partial charge in [0.15, 0.2) is 0 Å². The Morgan fingerprint density at radius 3 is 1.04 bits per heavy atom. The molecule has 8 aliphatic rings. The third-order valence-electron chi connectivity index (χ3n) is 16.9. The van der Waals surface area contributed by atoms with Crippen LogP contribution < -0.4 is 0 Å². The predicted octanol–water partition coefficient (Wildman–Crippen LogP) is 10.6. The summed E-state index contributed by atoms with van der Waals surface area (Å²) >= 11 is 0. The van der Waals surface area contributed by atoms with Crippen LogP contribution in [-0.4, -0.2) is 72.5 Å². The first-order chi connectivity index (χ1) is 23.7. The summed E-state index contributed by atoms with van der Waals surface area (Å²) in [6.07, 6.45) is 42.0. The Hall–Kier alpha value is -0.160. The van der Waals surface area contributed by atoms with Crippen molar-refractivity contribution in [1.82, 2.24) is 9.80 Å². The molecular formula is C44H76N2O2. The first-order valence-corrected chi connectivity index (χ1v) is 22.3. The van der Waals surface area contributed by atoms with E-state index in [0.29, 0.717) is 12.2 Å². The number of fused-ring (bicyclic) bond motifs is 3. The van der Waals surface area contributed by atoms with Crippen molar-refractivity contribution in [2.45, 2.75) is 228 Å². The fourth-order valence-corrected chi connectivity index (χ4v) is 14.8. The Kier molecular flexibility index (Phi) is 11.8. The molecule has 0 aromatic heterocycles. The maximum atomic E-state index is 5.98. The van der Waals surface area contributed by atoms with E-state index in [1.807, 2.05) is 14.2 Å². The molecule has 0 spiro atoms. The molecule has 0 saturated heterocycles. The summed E-state index contributed by atoms with van der Waals surface area (Å²) in [5.74, 6) is 5.82. The van der Waals surface area contributed by atoms with Crippen molar-refractivity contribution in [3.8, 4) is 0 Å². The number of nitrogens with zero attached hydrogens (tertiary/aromatic N) is 2. The highest BCUT2D eigenvalue weighted by molar-refractivity contribution is 5.11. The lowest BCUT2D eigenvalue weighted by Gasteiger charge is -2.65. The number of ether oxygens (including phenoxy) is 2. The van der Waals surface area contributed by atoms with Crippen LogP contribution in [-0.2, 0) is 9.47 Å². The van der Waals surface area contributed by atoms with E-state index in [1.54, 1.807) is 38.5 Å². The summed E-state index contributed by atoms with van der Waals surface area (Å²) in [5, 5.41) is 0. The van der Waals surface area contributed by atoms with Gasteiger partial charge in [0.2, 0.25) is 0 Å². The molecular weight excluding hydrogens is 588 g/mol. The zero-order valence-electron chi connectivity index (χ0n) is 31.6. The summed E-state index contributed by atoms with van der Waals surface area (Å²) in [4.78, 5) is 6.83. The minimum Gasteiger partial charge on any atom is -0.381 e. The highest BCUT2D eigenvalue weighted by atomic mass is 16.5. The quantitative estimate of drug-likeness (QED) is 0.258. The van der Waals surface area contributed by atoms with E-state index in [4.69, 9.17) is 9.47 Å². The van der Waals surface area contributed by atoms with E-state index >= 15 is 0 Å². The van der Waals surface area contributed by atoms with Gasteiger partial charge in [-0.3, -0.25) is 9.80 Å². The fourth-order valence-electron chi connectivity index (χ4n) is 14.8. The second-order valence-electron chi connectivity index (χ2n) is 19.0. The summed E-state index contributed by atoms with van der Waals surface area (Å²) in [6, 6.07) is 5.07. The van der Waals surface area contributed by atoms with Gasteiger partial charge in [-0.1, -0.05) is 77.0 Å². The summed E-state index contributed by atoms with van der Waals surface area (Å²) < 4.78 is 12.0. The highest BCUT2D eigenvalue weighted by Gasteiger charge is 2.58. The maximum absolute atomic E-state index is 5.98. The minimum atomic E-state index is 0.510. The van der Waals surface area contributed by atoms with Crippen LogP contribution >= 0.6 is 0 Å². The van der Waals surface area contributed by atoms with E-state index in [2.05, 4.69) is 9.80 Å². The molecule has 48 heavy (non-hydrogen) atoms. The van der Waals surface area contributed by atoms with Crippen molar-refractivity contribution in [2.75, 3.05) is 14.2 Å². The van der Waals surface area contributed by atoms with Crippen LogP contribution in [0.2, 0.25) is 0 Å². The van der Waals surface area contributed by atoms with Gasteiger partial charge < -0.3 is 9.47 Å². The Morgan fingerprint density at radius 1 is 0.333 bits per heavy atom. The largest absolute Gasteiger partial charge is 0.381 e. The molecule has 274 valence electrons. The molecule has 0 aromatic carbocycles. The Balaban J connectivity index is 1.18. The van der Waals surface area contributed by atoms with E-state index < -0.39 is 0 Å². The Labute approximate surface area is 296 Å². The zero-order chi connectivity index (χ0) is 32.5. The number of hydrogen-bond donors (Lipinski definition) is 0. The lowest BCUT2D eigenvalue weighted by molar-refractivity contribution is -0.155. The molecule has 8 unspecified atom stereocenters. The molecule has 0 heterocycles. The van der Waals surface area contributed by atoms with Crippen molar-refractivity contribution < 1.29 is 9.47 Å².